The third-order valence-electron chi connectivity index (χ3n) is 6.00. The minimum Gasteiger partial charge on any atom is -0.354 e. The molecule has 0 radical (unpaired) electrons. The van der Waals surface area contributed by atoms with Crippen LogP contribution in [0.4, 0.5) is 37.0 Å². The minimum absolute atomic E-state index is 0.296. The molecule has 2 amide bonds. The van der Waals surface area contributed by atoms with Gasteiger partial charge < -0.3 is 9.42 Å². The van der Waals surface area contributed by atoms with Gasteiger partial charge in [0.05, 0.1) is 28.8 Å². The molecule has 192 valence electrons. The number of carbonyl (C=O) groups excluding carboxylic acids is 1. The average molecular weight is 555 g/mol. The lowest BCUT2D eigenvalue weighted by molar-refractivity contribution is -0.0324. The normalized spacial score (nSPS) is 21.6. The first-order chi connectivity index (χ1) is 16.7. The van der Waals surface area contributed by atoms with Crippen LogP contribution in [0.2, 0.25) is 5.02 Å². The quantitative estimate of drug-likeness (QED) is 0.494. The number of rotatable bonds is 4. The Morgan fingerprint density at radius 1 is 1.11 bits per heavy atom. The highest BCUT2D eigenvalue weighted by Gasteiger charge is 2.63. The zero-order valence-corrected chi connectivity index (χ0v) is 19.4. The predicted molar refractivity (Wildman–Crippen MR) is 114 cm³/mol. The standard InChI is InChI=1S/C20H13ClF6N4O4S/c1-36(33,34)29-12-5-30-13(20(12,26)27)6-31(19(30)32)18-15-11(35-28-18)4-8(21)17(25)16(15)14-9(23)2-7(22)3-10(14)24/h2-4,12-13,29H,5-6H2,1H3/t12-,13-/m1/s1. The number of amides is 2. The third-order valence-corrected chi connectivity index (χ3v) is 6.99. The Morgan fingerprint density at radius 2 is 1.75 bits per heavy atom. The maximum atomic E-state index is 15.2. The van der Waals surface area contributed by atoms with Gasteiger partial charge in [-0.25, -0.2) is 44.3 Å². The van der Waals surface area contributed by atoms with Crippen LogP contribution in [0, 0.1) is 23.3 Å². The van der Waals surface area contributed by atoms with Crippen molar-refractivity contribution in [3.63, 3.8) is 0 Å². The molecule has 2 atom stereocenters. The molecular weight excluding hydrogens is 542 g/mol. The molecular formula is C20H13ClF6N4O4S. The Morgan fingerprint density at radius 3 is 2.33 bits per heavy atom. The zero-order chi connectivity index (χ0) is 26.3. The van der Waals surface area contributed by atoms with Gasteiger partial charge in [-0.15, -0.1) is 0 Å². The van der Waals surface area contributed by atoms with E-state index in [1.807, 2.05) is 0 Å². The number of carbonyl (C=O) groups is 1. The number of sulfonamides is 1. The van der Waals surface area contributed by atoms with Crippen molar-refractivity contribution in [2.45, 2.75) is 18.0 Å². The number of nitrogens with one attached hydrogen (secondary N) is 1. The van der Waals surface area contributed by atoms with E-state index in [1.165, 1.54) is 0 Å². The van der Waals surface area contributed by atoms with Gasteiger partial charge in [-0.1, -0.05) is 16.8 Å². The molecule has 3 aromatic rings. The van der Waals surface area contributed by atoms with Crippen LogP contribution in [0.25, 0.3) is 22.1 Å². The highest BCUT2D eigenvalue weighted by molar-refractivity contribution is 7.88. The fourth-order valence-corrected chi connectivity index (χ4v) is 5.45. The first-order valence-electron chi connectivity index (χ1n) is 10.1. The van der Waals surface area contributed by atoms with E-state index in [4.69, 9.17) is 16.1 Å². The predicted octanol–water partition coefficient (Wildman–Crippen LogP) is 3.88. The second-order valence-corrected chi connectivity index (χ2v) is 10.5. The molecule has 2 fully saturated rings. The van der Waals surface area contributed by atoms with Crippen LogP contribution in [-0.2, 0) is 10.0 Å². The fourth-order valence-electron chi connectivity index (χ4n) is 4.51. The number of anilines is 1. The summed E-state index contributed by atoms with van der Waals surface area (Å²) in [7, 11) is -4.03. The van der Waals surface area contributed by atoms with Gasteiger partial charge in [0.15, 0.2) is 17.2 Å². The first kappa shape index (κ1) is 24.6. The molecule has 2 aliphatic heterocycles. The molecule has 2 saturated heterocycles. The molecule has 16 heteroatoms. The second kappa shape index (κ2) is 7.98. The fraction of sp³-hybridized carbons (Fsp3) is 0.300. The van der Waals surface area contributed by atoms with Crippen LogP contribution in [0.3, 0.4) is 0 Å². The lowest BCUT2D eigenvalue weighted by Crippen LogP contribution is -2.50. The van der Waals surface area contributed by atoms with Crippen molar-refractivity contribution < 1.29 is 44.1 Å². The summed E-state index contributed by atoms with van der Waals surface area (Å²) >= 11 is 5.83. The number of alkyl halides is 2. The summed E-state index contributed by atoms with van der Waals surface area (Å²) in [4.78, 5) is 14.4. The molecule has 0 saturated carbocycles. The van der Waals surface area contributed by atoms with E-state index in [1.54, 1.807) is 4.72 Å². The molecule has 0 unspecified atom stereocenters. The van der Waals surface area contributed by atoms with Crippen LogP contribution in [-0.4, -0.2) is 61.9 Å². The van der Waals surface area contributed by atoms with Crippen molar-refractivity contribution in [3.8, 4) is 11.1 Å². The van der Waals surface area contributed by atoms with Gasteiger partial charge in [0.1, 0.15) is 29.5 Å². The molecule has 0 spiro atoms. The Labute approximate surface area is 203 Å². The number of hydrogen-bond acceptors (Lipinski definition) is 5. The molecule has 2 aliphatic rings. The lowest BCUT2D eigenvalue weighted by Gasteiger charge is -2.23. The summed E-state index contributed by atoms with van der Waals surface area (Å²) in [6.07, 6.45) is 0.692. The molecule has 1 aromatic heterocycles. The summed E-state index contributed by atoms with van der Waals surface area (Å²) < 4.78 is 118. The van der Waals surface area contributed by atoms with E-state index in [0.29, 0.717) is 28.2 Å². The molecule has 1 N–H and O–H groups in total. The van der Waals surface area contributed by atoms with Crippen molar-refractivity contribution in [2.24, 2.45) is 0 Å². The molecule has 8 nitrogen and oxygen atoms in total. The van der Waals surface area contributed by atoms with E-state index in [9.17, 15) is 35.2 Å². The van der Waals surface area contributed by atoms with Crippen LogP contribution in [0.15, 0.2) is 22.7 Å². The molecule has 0 aliphatic carbocycles. The van der Waals surface area contributed by atoms with Gasteiger partial charge in [0, 0.05) is 30.3 Å². The Hall–Kier alpha value is -3.04. The Bertz CT molecular complexity index is 1530. The Balaban J connectivity index is 1.64. The summed E-state index contributed by atoms with van der Waals surface area (Å²) in [5, 5.41) is 2.52. The van der Waals surface area contributed by atoms with Crippen LogP contribution >= 0.6 is 11.6 Å². The van der Waals surface area contributed by atoms with E-state index < -0.39 is 97.8 Å². The Kier molecular flexibility index (Phi) is 5.46. The largest absolute Gasteiger partial charge is 0.354 e. The van der Waals surface area contributed by atoms with Crippen molar-refractivity contribution in [3.05, 3.63) is 46.5 Å². The van der Waals surface area contributed by atoms with Crippen LogP contribution < -0.4 is 9.62 Å². The number of halogens is 7. The van der Waals surface area contributed by atoms with Crippen molar-refractivity contribution in [2.75, 3.05) is 24.2 Å². The van der Waals surface area contributed by atoms with Gasteiger partial charge in [0.25, 0.3) is 5.92 Å². The minimum atomic E-state index is -4.03. The highest BCUT2D eigenvalue weighted by Crippen LogP contribution is 2.46. The number of hydrogen-bond donors (Lipinski definition) is 1. The molecule has 2 aromatic carbocycles. The number of nitrogens with zero attached hydrogens (tertiary/aromatic N) is 3. The SMILES string of the molecule is CS(=O)(=O)N[C@@H]1CN2C(=O)N(c3noc4cc(Cl)c(F)c(-c5c(F)cc(F)cc5F)c34)C[C@@H]2C1(F)F. The summed E-state index contributed by atoms with van der Waals surface area (Å²) in [5.41, 5.74) is -2.23. The third kappa shape index (κ3) is 3.67. The van der Waals surface area contributed by atoms with Crippen LogP contribution in [0.1, 0.15) is 0 Å². The monoisotopic (exact) mass is 554 g/mol. The zero-order valence-electron chi connectivity index (χ0n) is 17.8. The summed E-state index contributed by atoms with van der Waals surface area (Å²) in [5.74, 6) is -9.89. The molecule has 5 rings (SSSR count). The van der Waals surface area contributed by atoms with E-state index >= 15 is 4.39 Å². The number of fused-ring (bicyclic) bond motifs is 2. The maximum absolute atomic E-state index is 15.2. The summed E-state index contributed by atoms with van der Waals surface area (Å²) in [6, 6.07) is -3.26. The average Bonchev–Trinajstić information content (AvgIpc) is 3.36. The van der Waals surface area contributed by atoms with E-state index in [2.05, 4.69) is 5.16 Å². The van der Waals surface area contributed by atoms with Crippen molar-refractivity contribution in [1.82, 2.24) is 14.8 Å². The van der Waals surface area contributed by atoms with Gasteiger partial charge in [-0.3, -0.25) is 4.90 Å². The van der Waals surface area contributed by atoms with Gasteiger partial charge in [-0.2, -0.15) is 0 Å². The molecule has 3 heterocycles. The number of urea groups is 1. The van der Waals surface area contributed by atoms with Crippen molar-refractivity contribution >= 4 is 44.4 Å². The van der Waals surface area contributed by atoms with Gasteiger partial charge in [0.2, 0.25) is 10.0 Å². The number of aromatic nitrogens is 1. The van der Waals surface area contributed by atoms with Gasteiger partial charge in [-0.05, 0) is 0 Å². The molecule has 36 heavy (non-hydrogen) atoms. The smallest absolute Gasteiger partial charge is 0.326 e. The number of benzene rings is 2. The molecule has 0 bridgehead atoms. The highest BCUT2D eigenvalue weighted by atomic mass is 35.5. The second-order valence-electron chi connectivity index (χ2n) is 8.35. The maximum Gasteiger partial charge on any atom is 0.326 e. The summed E-state index contributed by atoms with van der Waals surface area (Å²) in [6.45, 7) is -1.43. The van der Waals surface area contributed by atoms with E-state index in [-0.39, 0.29) is 5.58 Å². The first-order valence-corrected chi connectivity index (χ1v) is 12.3. The van der Waals surface area contributed by atoms with E-state index in [0.717, 1.165) is 6.07 Å². The van der Waals surface area contributed by atoms with Crippen LogP contribution in [0.5, 0.6) is 0 Å². The lowest BCUT2D eigenvalue weighted by atomic mass is 9.99. The van der Waals surface area contributed by atoms with Gasteiger partial charge >= 0.3 is 6.03 Å². The van der Waals surface area contributed by atoms with Crippen molar-refractivity contribution in [1.29, 1.82) is 0 Å². The topological polar surface area (TPSA) is 95.8 Å².